The third kappa shape index (κ3) is 2.75. The highest BCUT2D eigenvalue weighted by molar-refractivity contribution is 5.89. The zero-order valence-corrected chi connectivity index (χ0v) is 11.3. The van der Waals surface area contributed by atoms with Crippen LogP contribution >= 0.6 is 0 Å². The molecule has 1 unspecified atom stereocenters. The van der Waals surface area contributed by atoms with Gasteiger partial charge < -0.3 is 10.2 Å². The standard InChI is InChI=1S/C16H22N2O/c19-16(17-14-9-2-1-3-10-14)18-12-6-11-15(18)13-7-4-5-8-13/h1-3,9-10,13,15H,4-8,11-12H2,(H,17,19). The fraction of sp³-hybridized carbons (Fsp3) is 0.562. The monoisotopic (exact) mass is 258 g/mol. The van der Waals surface area contributed by atoms with Crippen molar-refractivity contribution in [2.45, 2.75) is 44.6 Å². The lowest BCUT2D eigenvalue weighted by molar-refractivity contribution is 0.185. The number of nitrogens with zero attached hydrogens (tertiary/aromatic N) is 1. The molecule has 1 saturated carbocycles. The number of nitrogens with one attached hydrogen (secondary N) is 1. The maximum atomic E-state index is 12.4. The van der Waals surface area contributed by atoms with Crippen LogP contribution in [0, 0.1) is 5.92 Å². The fourth-order valence-corrected chi connectivity index (χ4v) is 3.59. The summed E-state index contributed by atoms with van der Waals surface area (Å²) in [6, 6.07) is 10.3. The first-order valence-electron chi connectivity index (χ1n) is 7.47. The lowest BCUT2D eigenvalue weighted by Gasteiger charge is -2.29. The van der Waals surface area contributed by atoms with Gasteiger partial charge in [-0.3, -0.25) is 0 Å². The number of benzene rings is 1. The molecule has 1 aromatic rings. The van der Waals surface area contributed by atoms with Gasteiger partial charge >= 0.3 is 6.03 Å². The van der Waals surface area contributed by atoms with Crippen molar-refractivity contribution in [1.29, 1.82) is 0 Å². The largest absolute Gasteiger partial charge is 0.322 e. The Morgan fingerprint density at radius 2 is 1.79 bits per heavy atom. The maximum absolute atomic E-state index is 12.4. The predicted octanol–water partition coefficient (Wildman–Crippen LogP) is 3.87. The summed E-state index contributed by atoms with van der Waals surface area (Å²) in [5.74, 6) is 0.740. The molecule has 0 aromatic heterocycles. The zero-order valence-electron chi connectivity index (χ0n) is 11.3. The molecule has 3 nitrogen and oxygen atoms in total. The van der Waals surface area contributed by atoms with E-state index < -0.39 is 0 Å². The molecule has 1 N–H and O–H groups in total. The van der Waals surface area contributed by atoms with E-state index in [0.717, 1.165) is 24.6 Å². The van der Waals surface area contributed by atoms with Gasteiger partial charge in [-0.25, -0.2) is 4.79 Å². The Balaban J connectivity index is 1.65. The van der Waals surface area contributed by atoms with E-state index in [2.05, 4.69) is 10.2 Å². The van der Waals surface area contributed by atoms with Gasteiger partial charge in [0.25, 0.3) is 0 Å². The second-order valence-corrected chi connectivity index (χ2v) is 5.74. The highest BCUT2D eigenvalue weighted by atomic mass is 16.2. The molecule has 3 rings (SSSR count). The Kier molecular flexibility index (Phi) is 3.72. The second kappa shape index (κ2) is 5.64. The molecule has 1 heterocycles. The number of likely N-dealkylation sites (tertiary alicyclic amines) is 1. The number of amides is 2. The Labute approximate surface area is 115 Å². The molecule has 2 aliphatic rings. The number of hydrogen-bond donors (Lipinski definition) is 1. The van der Waals surface area contributed by atoms with E-state index in [4.69, 9.17) is 0 Å². The van der Waals surface area contributed by atoms with Crippen molar-refractivity contribution in [3.63, 3.8) is 0 Å². The molecule has 2 amide bonds. The van der Waals surface area contributed by atoms with Gasteiger partial charge in [-0.05, 0) is 43.7 Å². The third-order valence-electron chi connectivity index (χ3n) is 4.53. The van der Waals surface area contributed by atoms with Gasteiger partial charge in [-0.1, -0.05) is 31.0 Å². The van der Waals surface area contributed by atoms with Crippen LogP contribution in [0.3, 0.4) is 0 Å². The average molecular weight is 258 g/mol. The van der Waals surface area contributed by atoms with Crippen LogP contribution in [-0.4, -0.2) is 23.5 Å². The van der Waals surface area contributed by atoms with Gasteiger partial charge in [0.05, 0.1) is 0 Å². The van der Waals surface area contributed by atoms with Gasteiger partial charge in [-0.2, -0.15) is 0 Å². The zero-order chi connectivity index (χ0) is 13.1. The van der Waals surface area contributed by atoms with Crippen LogP contribution < -0.4 is 5.32 Å². The van der Waals surface area contributed by atoms with E-state index in [-0.39, 0.29) is 6.03 Å². The first-order chi connectivity index (χ1) is 9.34. The molecule has 19 heavy (non-hydrogen) atoms. The molecular formula is C16H22N2O. The molecule has 1 atom stereocenters. The van der Waals surface area contributed by atoms with Crippen molar-refractivity contribution in [3.05, 3.63) is 30.3 Å². The van der Waals surface area contributed by atoms with Crippen molar-refractivity contribution in [3.8, 4) is 0 Å². The topological polar surface area (TPSA) is 32.3 Å². The molecule has 1 aliphatic carbocycles. The smallest absolute Gasteiger partial charge is 0.321 e. The molecule has 3 heteroatoms. The summed E-state index contributed by atoms with van der Waals surface area (Å²) in [5.41, 5.74) is 0.893. The second-order valence-electron chi connectivity index (χ2n) is 5.74. The van der Waals surface area contributed by atoms with E-state index in [9.17, 15) is 4.79 Å². The molecule has 0 bridgehead atoms. The number of urea groups is 1. The van der Waals surface area contributed by atoms with E-state index in [1.807, 2.05) is 30.3 Å². The van der Waals surface area contributed by atoms with Crippen molar-refractivity contribution in [2.24, 2.45) is 5.92 Å². The summed E-state index contributed by atoms with van der Waals surface area (Å²) < 4.78 is 0. The van der Waals surface area contributed by atoms with Crippen molar-refractivity contribution in [1.82, 2.24) is 4.90 Å². The quantitative estimate of drug-likeness (QED) is 0.858. The van der Waals surface area contributed by atoms with Gasteiger partial charge in [0, 0.05) is 18.3 Å². The highest BCUT2D eigenvalue weighted by Crippen LogP contribution is 2.35. The molecule has 1 aliphatic heterocycles. The van der Waals surface area contributed by atoms with Crippen LogP contribution in [0.4, 0.5) is 10.5 Å². The van der Waals surface area contributed by atoms with Gasteiger partial charge in [0.2, 0.25) is 0 Å². The van der Waals surface area contributed by atoms with Gasteiger partial charge in [0.1, 0.15) is 0 Å². The lowest BCUT2D eigenvalue weighted by atomic mass is 9.96. The summed E-state index contributed by atoms with van der Waals surface area (Å²) in [6.45, 7) is 0.917. The van der Waals surface area contributed by atoms with Gasteiger partial charge in [-0.15, -0.1) is 0 Å². The summed E-state index contributed by atoms with van der Waals surface area (Å²) in [5, 5.41) is 3.02. The predicted molar refractivity (Wildman–Crippen MR) is 77.1 cm³/mol. The first-order valence-corrected chi connectivity index (χ1v) is 7.47. The number of hydrogen-bond acceptors (Lipinski definition) is 1. The number of anilines is 1. The minimum atomic E-state index is 0.0839. The van der Waals surface area contributed by atoms with Crippen molar-refractivity contribution >= 4 is 11.7 Å². The number of carbonyl (C=O) groups is 1. The van der Waals surface area contributed by atoms with Crippen LogP contribution in [0.2, 0.25) is 0 Å². The van der Waals surface area contributed by atoms with Crippen LogP contribution in [0.15, 0.2) is 30.3 Å². The number of carbonyl (C=O) groups excluding carboxylic acids is 1. The average Bonchev–Trinajstić information content (AvgIpc) is 3.10. The maximum Gasteiger partial charge on any atom is 0.322 e. The molecule has 1 saturated heterocycles. The lowest BCUT2D eigenvalue weighted by Crippen LogP contribution is -2.41. The molecule has 102 valence electrons. The Hall–Kier alpha value is -1.51. The minimum absolute atomic E-state index is 0.0839. The molecular weight excluding hydrogens is 236 g/mol. The normalized spacial score (nSPS) is 23.8. The summed E-state index contributed by atoms with van der Waals surface area (Å²) in [6.07, 6.45) is 7.64. The SMILES string of the molecule is O=C(Nc1ccccc1)N1CCCC1C1CCCC1. The fourth-order valence-electron chi connectivity index (χ4n) is 3.59. The number of para-hydroxylation sites is 1. The minimum Gasteiger partial charge on any atom is -0.321 e. The molecule has 0 spiro atoms. The van der Waals surface area contributed by atoms with Crippen LogP contribution in [0.5, 0.6) is 0 Å². The van der Waals surface area contributed by atoms with Gasteiger partial charge in [0.15, 0.2) is 0 Å². The molecule has 2 fully saturated rings. The van der Waals surface area contributed by atoms with Crippen LogP contribution in [-0.2, 0) is 0 Å². The molecule has 1 aromatic carbocycles. The Morgan fingerprint density at radius 1 is 1.05 bits per heavy atom. The van der Waals surface area contributed by atoms with E-state index in [0.29, 0.717) is 6.04 Å². The first kappa shape index (κ1) is 12.5. The molecule has 0 radical (unpaired) electrons. The Bertz CT molecular complexity index is 426. The summed E-state index contributed by atoms with van der Waals surface area (Å²) in [7, 11) is 0. The summed E-state index contributed by atoms with van der Waals surface area (Å²) in [4.78, 5) is 14.5. The van der Waals surface area contributed by atoms with E-state index >= 15 is 0 Å². The van der Waals surface area contributed by atoms with Crippen LogP contribution in [0.1, 0.15) is 38.5 Å². The van der Waals surface area contributed by atoms with E-state index in [1.54, 1.807) is 0 Å². The third-order valence-corrected chi connectivity index (χ3v) is 4.53. The van der Waals surface area contributed by atoms with Crippen molar-refractivity contribution in [2.75, 3.05) is 11.9 Å². The van der Waals surface area contributed by atoms with Crippen molar-refractivity contribution < 1.29 is 4.79 Å². The van der Waals surface area contributed by atoms with Crippen LogP contribution in [0.25, 0.3) is 0 Å². The summed E-state index contributed by atoms with van der Waals surface area (Å²) >= 11 is 0. The Morgan fingerprint density at radius 3 is 2.53 bits per heavy atom. The van der Waals surface area contributed by atoms with E-state index in [1.165, 1.54) is 32.1 Å². The highest BCUT2D eigenvalue weighted by Gasteiger charge is 2.35. The number of rotatable bonds is 2.